The Morgan fingerprint density at radius 1 is 1.19 bits per heavy atom. The van der Waals surface area contributed by atoms with E-state index in [2.05, 4.69) is 11.4 Å². The Kier molecular flexibility index (Phi) is 5.70. The highest BCUT2D eigenvalue weighted by molar-refractivity contribution is 5.73. The summed E-state index contributed by atoms with van der Waals surface area (Å²) in [6.45, 7) is 2.15. The molecule has 0 radical (unpaired) electrons. The molecule has 1 saturated carbocycles. The van der Waals surface area contributed by atoms with Gasteiger partial charge in [0.1, 0.15) is 23.9 Å². The lowest BCUT2D eigenvalue weighted by atomic mass is 9.88. The second-order valence-electron chi connectivity index (χ2n) is 8.61. The molecule has 32 heavy (non-hydrogen) atoms. The summed E-state index contributed by atoms with van der Waals surface area (Å²) in [7, 11) is 0. The molecule has 2 saturated heterocycles. The van der Waals surface area contributed by atoms with E-state index in [1.54, 1.807) is 0 Å². The average molecular weight is 434 g/mol. The van der Waals surface area contributed by atoms with E-state index in [4.69, 9.17) is 18.9 Å². The summed E-state index contributed by atoms with van der Waals surface area (Å²) in [5.74, 6) is -0.505. The Bertz CT molecular complexity index is 994. The van der Waals surface area contributed by atoms with Crippen molar-refractivity contribution in [2.45, 2.75) is 56.2 Å². The summed E-state index contributed by atoms with van der Waals surface area (Å²) in [5.41, 5.74) is 1.14. The van der Waals surface area contributed by atoms with Crippen molar-refractivity contribution in [3.8, 4) is 6.07 Å². The van der Waals surface area contributed by atoms with Crippen molar-refractivity contribution in [3.05, 3.63) is 71.8 Å². The lowest BCUT2D eigenvalue weighted by Crippen LogP contribution is -2.68. The number of hydrogen-bond acceptors (Lipinski definition) is 6. The maximum absolute atomic E-state index is 12.1. The van der Waals surface area contributed by atoms with Crippen LogP contribution in [0.3, 0.4) is 0 Å². The SMILES string of the molecule is CC(=O)N[C@@H]1[C@H](OCc2ccccc2)[C@@H]2O[C@H](c3ccccc3)OC[C@H]2O[C@]12C[C@@H]2C#N. The molecule has 0 aromatic heterocycles. The Morgan fingerprint density at radius 2 is 1.91 bits per heavy atom. The maximum atomic E-state index is 12.1. The summed E-state index contributed by atoms with van der Waals surface area (Å²) in [6, 6.07) is 21.4. The van der Waals surface area contributed by atoms with Gasteiger partial charge in [-0.1, -0.05) is 60.7 Å². The Labute approximate surface area is 187 Å². The first-order chi connectivity index (χ1) is 15.6. The van der Waals surface area contributed by atoms with E-state index in [-0.39, 0.29) is 17.9 Å². The molecular weight excluding hydrogens is 408 g/mol. The molecule has 2 aliphatic heterocycles. The van der Waals surface area contributed by atoms with Crippen LogP contribution in [0.15, 0.2) is 60.7 Å². The fourth-order valence-electron chi connectivity index (χ4n) is 4.81. The van der Waals surface area contributed by atoms with Crippen molar-refractivity contribution in [1.29, 1.82) is 5.26 Å². The van der Waals surface area contributed by atoms with E-state index >= 15 is 0 Å². The van der Waals surface area contributed by atoms with Crippen LogP contribution in [0, 0.1) is 17.2 Å². The minimum atomic E-state index is -0.782. The molecule has 5 rings (SSSR count). The molecule has 2 aromatic rings. The van der Waals surface area contributed by atoms with Gasteiger partial charge in [0.25, 0.3) is 0 Å². The molecule has 2 heterocycles. The van der Waals surface area contributed by atoms with Crippen molar-refractivity contribution < 1.29 is 23.7 Å². The molecule has 7 heteroatoms. The summed E-state index contributed by atoms with van der Waals surface area (Å²) >= 11 is 0. The maximum Gasteiger partial charge on any atom is 0.217 e. The van der Waals surface area contributed by atoms with Crippen LogP contribution in [-0.2, 0) is 30.3 Å². The number of nitriles is 1. The van der Waals surface area contributed by atoms with E-state index in [9.17, 15) is 10.1 Å². The van der Waals surface area contributed by atoms with Gasteiger partial charge >= 0.3 is 0 Å². The second kappa shape index (κ2) is 8.64. The van der Waals surface area contributed by atoms with Crippen LogP contribution in [0.25, 0.3) is 0 Å². The number of carbonyl (C=O) groups is 1. The molecule has 3 fully saturated rings. The van der Waals surface area contributed by atoms with Crippen molar-refractivity contribution in [1.82, 2.24) is 5.32 Å². The quantitative estimate of drug-likeness (QED) is 0.778. The zero-order valence-corrected chi connectivity index (χ0v) is 17.8. The zero-order valence-electron chi connectivity index (χ0n) is 17.8. The van der Waals surface area contributed by atoms with Crippen molar-refractivity contribution in [2.75, 3.05) is 6.61 Å². The number of nitrogens with zero attached hydrogens (tertiary/aromatic N) is 1. The molecule has 0 bridgehead atoms. The third-order valence-corrected chi connectivity index (χ3v) is 6.43. The molecule has 1 aliphatic carbocycles. The lowest BCUT2D eigenvalue weighted by Gasteiger charge is -2.50. The standard InChI is InChI=1S/C25H26N2O5/c1-16(28)27-23-22(29-14-17-8-4-2-5-9-17)21-20(32-25(23)12-19(25)13-26)15-30-24(31-21)18-10-6-3-7-11-18/h2-11,19-24H,12,14-15H2,1H3,(H,27,28)/t19-,20-,21-,22-,23-,24-,25+/m1/s1. The van der Waals surface area contributed by atoms with E-state index in [0.717, 1.165) is 11.1 Å². The van der Waals surface area contributed by atoms with E-state index in [1.807, 2.05) is 60.7 Å². The van der Waals surface area contributed by atoms with Gasteiger partial charge < -0.3 is 24.3 Å². The minimum Gasteiger partial charge on any atom is -0.368 e. The van der Waals surface area contributed by atoms with E-state index in [0.29, 0.717) is 19.6 Å². The predicted molar refractivity (Wildman–Crippen MR) is 114 cm³/mol. The highest BCUT2D eigenvalue weighted by Gasteiger charge is 2.69. The van der Waals surface area contributed by atoms with Gasteiger partial charge in [-0.25, -0.2) is 0 Å². The monoisotopic (exact) mass is 434 g/mol. The first-order valence-electron chi connectivity index (χ1n) is 10.9. The molecule has 3 aliphatic rings. The molecule has 2 aromatic carbocycles. The molecule has 0 unspecified atom stereocenters. The van der Waals surface area contributed by atoms with Gasteiger partial charge in [-0.2, -0.15) is 5.26 Å². The number of ether oxygens (including phenoxy) is 4. The first-order valence-corrected chi connectivity index (χ1v) is 10.9. The fourth-order valence-corrected chi connectivity index (χ4v) is 4.81. The molecular formula is C25H26N2O5. The highest BCUT2D eigenvalue weighted by atomic mass is 16.7. The van der Waals surface area contributed by atoms with Gasteiger partial charge in [0.05, 0.1) is 31.2 Å². The molecule has 1 spiro atoms. The van der Waals surface area contributed by atoms with Crippen LogP contribution in [0.1, 0.15) is 30.8 Å². The van der Waals surface area contributed by atoms with Gasteiger partial charge in [-0.15, -0.1) is 0 Å². The normalized spacial score (nSPS) is 35.5. The third kappa shape index (κ3) is 3.91. The Hall–Kier alpha value is -2.76. The molecule has 7 nitrogen and oxygen atoms in total. The molecule has 7 atom stereocenters. The van der Waals surface area contributed by atoms with Gasteiger partial charge in [0.2, 0.25) is 5.91 Å². The second-order valence-corrected chi connectivity index (χ2v) is 8.61. The first kappa shape index (κ1) is 21.1. The number of rotatable bonds is 5. The van der Waals surface area contributed by atoms with E-state index < -0.39 is 30.1 Å². The number of amides is 1. The van der Waals surface area contributed by atoms with Crippen LogP contribution in [0.4, 0.5) is 0 Å². The largest absolute Gasteiger partial charge is 0.368 e. The highest BCUT2D eigenvalue weighted by Crippen LogP contribution is 2.55. The van der Waals surface area contributed by atoms with Gasteiger partial charge in [0, 0.05) is 12.5 Å². The topological polar surface area (TPSA) is 89.8 Å². The Morgan fingerprint density at radius 3 is 2.56 bits per heavy atom. The van der Waals surface area contributed by atoms with Gasteiger partial charge in [0.15, 0.2) is 6.29 Å². The minimum absolute atomic E-state index is 0.194. The number of nitrogens with one attached hydrogen (secondary N) is 1. The molecule has 1 N–H and O–H groups in total. The van der Waals surface area contributed by atoms with Crippen LogP contribution in [0.2, 0.25) is 0 Å². The number of benzene rings is 2. The zero-order chi connectivity index (χ0) is 22.1. The molecule has 1 amide bonds. The third-order valence-electron chi connectivity index (χ3n) is 6.43. The summed E-state index contributed by atoms with van der Waals surface area (Å²) in [4.78, 5) is 12.1. The number of hydrogen-bond donors (Lipinski definition) is 1. The lowest BCUT2D eigenvalue weighted by molar-refractivity contribution is -0.326. The van der Waals surface area contributed by atoms with Crippen LogP contribution >= 0.6 is 0 Å². The van der Waals surface area contributed by atoms with Crippen molar-refractivity contribution in [2.24, 2.45) is 5.92 Å². The summed E-state index contributed by atoms with van der Waals surface area (Å²) < 4.78 is 25.2. The summed E-state index contributed by atoms with van der Waals surface area (Å²) in [5, 5.41) is 12.6. The van der Waals surface area contributed by atoms with Crippen LogP contribution in [0.5, 0.6) is 0 Å². The summed E-state index contributed by atoms with van der Waals surface area (Å²) in [6.07, 6.45) is -1.35. The predicted octanol–water partition coefficient (Wildman–Crippen LogP) is 2.87. The van der Waals surface area contributed by atoms with Crippen LogP contribution < -0.4 is 5.32 Å². The average Bonchev–Trinajstić information content (AvgIpc) is 3.53. The number of carbonyl (C=O) groups excluding carboxylic acids is 1. The van der Waals surface area contributed by atoms with Gasteiger partial charge in [-0.3, -0.25) is 4.79 Å². The number of fused-ring (bicyclic) bond motifs is 1. The Balaban J connectivity index is 1.45. The van der Waals surface area contributed by atoms with Gasteiger partial charge in [-0.05, 0) is 12.0 Å². The van der Waals surface area contributed by atoms with Crippen molar-refractivity contribution in [3.63, 3.8) is 0 Å². The van der Waals surface area contributed by atoms with E-state index in [1.165, 1.54) is 6.92 Å². The fraction of sp³-hybridized carbons (Fsp3) is 0.440. The van der Waals surface area contributed by atoms with Crippen LogP contribution in [-0.4, -0.2) is 42.5 Å². The smallest absolute Gasteiger partial charge is 0.217 e. The van der Waals surface area contributed by atoms with Crippen molar-refractivity contribution >= 4 is 5.91 Å². The molecule has 166 valence electrons.